The number of ketones is 2. The van der Waals surface area contributed by atoms with Crippen LogP contribution < -0.4 is 5.73 Å². The minimum Gasteiger partial charge on any atom is -0.382 e. The SMILES string of the molecule is CC(C)(N)C(=O)c1ccc(Cc2ccc(C(=O)C(C)(C)O)cc2)cc1. The van der Waals surface area contributed by atoms with E-state index in [1.807, 2.05) is 24.3 Å². The molecule has 0 heterocycles. The number of benzene rings is 2. The fourth-order valence-electron chi connectivity index (χ4n) is 2.51. The van der Waals surface area contributed by atoms with Crippen molar-refractivity contribution in [3.05, 3.63) is 70.8 Å². The molecule has 25 heavy (non-hydrogen) atoms. The van der Waals surface area contributed by atoms with Crippen LogP contribution in [0.2, 0.25) is 0 Å². The molecule has 2 aromatic carbocycles. The Kier molecular flexibility index (Phi) is 5.26. The van der Waals surface area contributed by atoms with E-state index in [-0.39, 0.29) is 11.6 Å². The van der Waals surface area contributed by atoms with Gasteiger partial charge in [-0.2, -0.15) is 0 Å². The summed E-state index contributed by atoms with van der Waals surface area (Å²) in [5.74, 6) is -0.389. The predicted octanol–water partition coefficient (Wildman–Crippen LogP) is 3.15. The molecule has 0 fully saturated rings. The summed E-state index contributed by atoms with van der Waals surface area (Å²) in [6, 6.07) is 14.6. The highest BCUT2D eigenvalue weighted by molar-refractivity contribution is 6.02. The van der Waals surface area contributed by atoms with Crippen LogP contribution in [0.25, 0.3) is 0 Å². The third-order valence-electron chi connectivity index (χ3n) is 3.98. The summed E-state index contributed by atoms with van der Waals surface area (Å²) in [6.45, 7) is 6.35. The van der Waals surface area contributed by atoms with Crippen molar-refractivity contribution < 1.29 is 14.7 Å². The summed E-state index contributed by atoms with van der Waals surface area (Å²) >= 11 is 0. The van der Waals surface area contributed by atoms with E-state index in [4.69, 9.17) is 5.73 Å². The molecule has 0 amide bonds. The maximum absolute atomic E-state index is 12.1. The van der Waals surface area contributed by atoms with Crippen molar-refractivity contribution in [1.82, 2.24) is 0 Å². The standard InChI is InChI=1S/C21H25NO3/c1-20(2,22)18(23)16-9-5-14(6-10-16)13-15-7-11-17(12-8-15)19(24)21(3,4)25/h5-12,25H,13,22H2,1-4H3. The molecule has 0 spiro atoms. The average molecular weight is 339 g/mol. The molecule has 0 saturated carbocycles. The van der Waals surface area contributed by atoms with Crippen LogP contribution >= 0.6 is 0 Å². The Morgan fingerprint density at radius 2 is 1.16 bits per heavy atom. The fraction of sp³-hybridized carbons (Fsp3) is 0.333. The minimum atomic E-state index is -1.37. The van der Waals surface area contributed by atoms with Gasteiger partial charge >= 0.3 is 0 Å². The first-order chi connectivity index (χ1) is 11.5. The second-order valence-electron chi connectivity index (χ2n) is 7.51. The molecule has 3 N–H and O–H groups in total. The Labute approximate surface area is 148 Å². The van der Waals surface area contributed by atoms with Crippen LogP contribution in [0.1, 0.15) is 59.5 Å². The maximum Gasteiger partial charge on any atom is 0.193 e. The molecular formula is C21H25NO3. The molecule has 4 heteroatoms. The molecule has 0 unspecified atom stereocenters. The third-order valence-corrected chi connectivity index (χ3v) is 3.98. The van der Waals surface area contributed by atoms with Crippen LogP contribution in [0.15, 0.2) is 48.5 Å². The summed E-state index contributed by atoms with van der Waals surface area (Å²) in [4.78, 5) is 24.2. The molecule has 2 rings (SSSR count). The summed E-state index contributed by atoms with van der Waals surface area (Å²) in [7, 11) is 0. The van der Waals surface area contributed by atoms with Crippen LogP contribution in [0, 0.1) is 0 Å². The van der Waals surface area contributed by atoms with E-state index in [1.165, 1.54) is 13.8 Å². The van der Waals surface area contributed by atoms with Crippen LogP contribution in [0.5, 0.6) is 0 Å². The van der Waals surface area contributed by atoms with Gasteiger partial charge in [0.25, 0.3) is 0 Å². The molecule has 0 aliphatic carbocycles. The van der Waals surface area contributed by atoms with E-state index in [1.54, 1.807) is 38.1 Å². The number of carbonyl (C=O) groups is 2. The first-order valence-corrected chi connectivity index (χ1v) is 8.27. The average Bonchev–Trinajstić information content (AvgIpc) is 2.53. The Bertz CT molecular complexity index is 693. The number of rotatable bonds is 6. The lowest BCUT2D eigenvalue weighted by Crippen LogP contribution is -2.41. The van der Waals surface area contributed by atoms with Crippen molar-refractivity contribution in [2.75, 3.05) is 0 Å². The Hall–Kier alpha value is -2.30. The zero-order valence-corrected chi connectivity index (χ0v) is 15.2. The van der Waals surface area contributed by atoms with Crippen molar-refractivity contribution >= 4 is 11.6 Å². The summed E-state index contributed by atoms with van der Waals surface area (Å²) in [5.41, 5.74) is 6.79. The second-order valence-corrected chi connectivity index (χ2v) is 7.51. The number of hydrogen-bond donors (Lipinski definition) is 2. The molecule has 0 bridgehead atoms. The van der Waals surface area contributed by atoms with Crippen molar-refractivity contribution in [1.29, 1.82) is 0 Å². The molecule has 2 aromatic rings. The van der Waals surface area contributed by atoms with Crippen LogP contribution in [0.3, 0.4) is 0 Å². The van der Waals surface area contributed by atoms with Crippen molar-refractivity contribution in [2.45, 2.75) is 45.3 Å². The van der Waals surface area contributed by atoms with E-state index >= 15 is 0 Å². The van der Waals surface area contributed by atoms with Crippen LogP contribution in [-0.4, -0.2) is 27.8 Å². The Balaban J connectivity index is 2.10. The summed E-state index contributed by atoms with van der Waals surface area (Å²) in [5, 5.41) is 9.79. The van der Waals surface area contributed by atoms with Gasteiger partial charge in [0.05, 0.1) is 5.54 Å². The van der Waals surface area contributed by atoms with Gasteiger partial charge in [-0.25, -0.2) is 0 Å². The number of aliphatic hydroxyl groups is 1. The summed E-state index contributed by atoms with van der Waals surface area (Å²) in [6.07, 6.45) is 0.692. The van der Waals surface area contributed by atoms with E-state index in [2.05, 4.69) is 0 Å². The van der Waals surface area contributed by atoms with Gasteiger partial charge < -0.3 is 10.8 Å². The van der Waals surface area contributed by atoms with Gasteiger partial charge in [0.1, 0.15) is 5.60 Å². The molecule has 4 nitrogen and oxygen atoms in total. The number of nitrogens with two attached hydrogens (primary N) is 1. The van der Waals surface area contributed by atoms with Crippen molar-refractivity contribution in [2.24, 2.45) is 5.73 Å². The van der Waals surface area contributed by atoms with Gasteiger partial charge in [-0.3, -0.25) is 9.59 Å². The quantitative estimate of drug-likeness (QED) is 0.792. The lowest BCUT2D eigenvalue weighted by Gasteiger charge is -2.17. The first-order valence-electron chi connectivity index (χ1n) is 8.27. The molecule has 0 saturated heterocycles. The van der Waals surface area contributed by atoms with Crippen LogP contribution in [-0.2, 0) is 6.42 Å². The summed E-state index contributed by atoms with van der Waals surface area (Å²) < 4.78 is 0. The first kappa shape index (κ1) is 19.0. The molecular weight excluding hydrogens is 314 g/mol. The number of hydrogen-bond acceptors (Lipinski definition) is 4. The minimum absolute atomic E-state index is 0.0893. The zero-order chi connectivity index (χ0) is 18.8. The molecule has 0 aromatic heterocycles. The highest BCUT2D eigenvalue weighted by Gasteiger charge is 2.25. The molecule has 0 aliphatic heterocycles. The zero-order valence-electron chi connectivity index (χ0n) is 15.2. The molecule has 0 radical (unpaired) electrons. The largest absolute Gasteiger partial charge is 0.382 e. The number of Topliss-reactive ketones (excluding diaryl/α,β-unsaturated/α-hetero) is 2. The second kappa shape index (κ2) is 6.90. The Morgan fingerprint density at radius 3 is 1.48 bits per heavy atom. The topological polar surface area (TPSA) is 80.4 Å². The van der Waals surface area contributed by atoms with Gasteiger partial charge in [-0.15, -0.1) is 0 Å². The van der Waals surface area contributed by atoms with E-state index in [0.717, 1.165) is 11.1 Å². The molecule has 0 atom stereocenters. The monoisotopic (exact) mass is 339 g/mol. The van der Waals surface area contributed by atoms with Gasteiger partial charge in [0.2, 0.25) is 0 Å². The third kappa shape index (κ3) is 4.84. The van der Waals surface area contributed by atoms with Crippen molar-refractivity contribution in [3.8, 4) is 0 Å². The predicted molar refractivity (Wildman–Crippen MR) is 98.9 cm³/mol. The highest BCUT2D eigenvalue weighted by atomic mass is 16.3. The lowest BCUT2D eigenvalue weighted by atomic mass is 9.92. The van der Waals surface area contributed by atoms with Gasteiger partial charge in [-0.05, 0) is 45.2 Å². The van der Waals surface area contributed by atoms with Gasteiger partial charge in [0.15, 0.2) is 11.6 Å². The van der Waals surface area contributed by atoms with Crippen LogP contribution in [0.4, 0.5) is 0 Å². The molecule has 132 valence electrons. The lowest BCUT2D eigenvalue weighted by molar-refractivity contribution is 0.0488. The normalized spacial score (nSPS) is 12.1. The van der Waals surface area contributed by atoms with E-state index in [9.17, 15) is 14.7 Å². The highest BCUT2D eigenvalue weighted by Crippen LogP contribution is 2.17. The van der Waals surface area contributed by atoms with E-state index < -0.39 is 11.1 Å². The van der Waals surface area contributed by atoms with Gasteiger partial charge in [0, 0.05) is 11.1 Å². The van der Waals surface area contributed by atoms with E-state index in [0.29, 0.717) is 17.5 Å². The molecule has 0 aliphatic rings. The fourth-order valence-corrected chi connectivity index (χ4v) is 2.51. The Morgan fingerprint density at radius 1 is 0.800 bits per heavy atom. The smallest absolute Gasteiger partial charge is 0.193 e. The maximum atomic E-state index is 12.1. The van der Waals surface area contributed by atoms with Gasteiger partial charge in [-0.1, -0.05) is 48.5 Å². The number of carbonyl (C=O) groups excluding carboxylic acids is 2. The van der Waals surface area contributed by atoms with Crippen molar-refractivity contribution in [3.63, 3.8) is 0 Å².